The molecule has 0 amide bonds. The average Bonchev–Trinajstić information content (AvgIpc) is 2.54. The lowest BCUT2D eigenvalue weighted by molar-refractivity contribution is 1.32. The smallest absolute Gasteiger partial charge is 0.0894 e. The minimum atomic E-state index is 0.400. The standard InChI is InChI=1S/C18H12N2/c1-3-7-15-13(5-1)9-11-17(19-15)18-12-10-14-6-2-4-8-16(14)20-18/h1-12H/i11D. The molecule has 0 fully saturated rings. The van der Waals surface area contributed by atoms with Crippen molar-refractivity contribution in [1.29, 1.82) is 0 Å². The SMILES string of the molecule is [2H]c1cc2ccccc2nc1-c1ccc2ccccc2n1. The minimum absolute atomic E-state index is 0.400. The van der Waals surface area contributed by atoms with Gasteiger partial charge < -0.3 is 0 Å². The molecule has 0 aliphatic rings. The van der Waals surface area contributed by atoms with Gasteiger partial charge in [0, 0.05) is 10.8 Å². The van der Waals surface area contributed by atoms with Gasteiger partial charge in [-0.05, 0) is 24.2 Å². The van der Waals surface area contributed by atoms with Crippen LogP contribution in [-0.2, 0) is 0 Å². The maximum Gasteiger partial charge on any atom is 0.0894 e. The molecule has 2 nitrogen and oxygen atoms in total. The van der Waals surface area contributed by atoms with Crippen molar-refractivity contribution in [1.82, 2.24) is 9.97 Å². The van der Waals surface area contributed by atoms with E-state index in [4.69, 9.17) is 1.37 Å². The highest BCUT2D eigenvalue weighted by Crippen LogP contribution is 2.21. The van der Waals surface area contributed by atoms with E-state index in [0.29, 0.717) is 11.7 Å². The average molecular weight is 257 g/mol. The van der Waals surface area contributed by atoms with Gasteiger partial charge in [-0.15, -0.1) is 0 Å². The predicted molar refractivity (Wildman–Crippen MR) is 82.5 cm³/mol. The summed E-state index contributed by atoms with van der Waals surface area (Å²) < 4.78 is 8.20. The molecule has 2 heterocycles. The van der Waals surface area contributed by atoms with Crippen molar-refractivity contribution in [2.45, 2.75) is 0 Å². The van der Waals surface area contributed by atoms with Crippen LogP contribution in [0.3, 0.4) is 0 Å². The molecule has 94 valence electrons. The van der Waals surface area contributed by atoms with Crippen LogP contribution in [-0.4, -0.2) is 9.97 Å². The lowest BCUT2D eigenvalue weighted by Crippen LogP contribution is -1.89. The Hall–Kier alpha value is -2.74. The molecule has 0 N–H and O–H groups in total. The van der Waals surface area contributed by atoms with E-state index in [0.717, 1.165) is 27.5 Å². The van der Waals surface area contributed by atoms with E-state index in [1.54, 1.807) is 0 Å². The maximum atomic E-state index is 8.20. The van der Waals surface area contributed by atoms with Crippen LogP contribution >= 0.6 is 0 Å². The molecule has 4 aromatic rings. The molecule has 0 unspecified atom stereocenters. The van der Waals surface area contributed by atoms with Gasteiger partial charge in [0.15, 0.2) is 0 Å². The van der Waals surface area contributed by atoms with Crippen molar-refractivity contribution in [2.75, 3.05) is 0 Å². The quantitative estimate of drug-likeness (QED) is 0.503. The van der Waals surface area contributed by atoms with Gasteiger partial charge in [-0.3, -0.25) is 0 Å². The molecule has 2 heteroatoms. The maximum absolute atomic E-state index is 8.20. The number of pyridine rings is 2. The first-order valence-corrected chi connectivity index (χ1v) is 6.54. The van der Waals surface area contributed by atoms with Gasteiger partial charge in [0.25, 0.3) is 0 Å². The summed E-state index contributed by atoms with van der Waals surface area (Å²) in [5, 5.41) is 2.07. The van der Waals surface area contributed by atoms with E-state index in [1.807, 2.05) is 66.7 Å². The van der Waals surface area contributed by atoms with Gasteiger partial charge >= 0.3 is 0 Å². The molecule has 0 saturated carbocycles. The second-order valence-electron chi connectivity index (χ2n) is 4.70. The zero-order valence-corrected chi connectivity index (χ0v) is 10.7. The Kier molecular flexibility index (Phi) is 2.23. The van der Waals surface area contributed by atoms with Crippen LogP contribution in [0.15, 0.2) is 72.8 Å². The van der Waals surface area contributed by atoms with Gasteiger partial charge in [-0.25, -0.2) is 9.97 Å². The van der Waals surface area contributed by atoms with Crippen molar-refractivity contribution in [2.24, 2.45) is 0 Å². The Morgan fingerprint density at radius 3 is 1.95 bits per heavy atom. The summed E-state index contributed by atoms with van der Waals surface area (Å²) in [6.07, 6.45) is 0. The van der Waals surface area contributed by atoms with Crippen LogP contribution in [0.1, 0.15) is 1.37 Å². The number of fused-ring (bicyclic) bond motifs is 2. The molecular weight excluding hydrogens is 244 g/mol. The van der Waals surface area contributed by atoms with Gasteiger partial charge in [0.05, 0.1) is 23.8 Å². The molecule has 0 saturated heterocycles. The molecule has 2 aromatic carbocycles. The molecule has 0 spiro atoms. The third kappa shape index (κ3) is 1.82. The highest BCUT2D eigenvalue weighted by molar-refractivity contribution is 5.83. The number of aromatic nitrogens is 2. The van der Waals surface area contributed by atoms with E-state index >= 15 is 0 Å². The molecular formula is C18H12N2. The molecule has 0 aliphatic carbocycles. The van der Waals surface area contributed by atoms with Crippen molar-refractivity contribution < 1.29 is 1.37 Å². The van der Waals surface area contributed by atoms with E-state index in [2.05, 4.69) is 9.97 Å². The van der Waals surface area contributed by atoms with Crippen molar-refractivity contribution in [3.63, 3.8) is 0 Å². The topological polar surface area (TPSA) is 25.8 Å². The third-order valence-electron chi connectivity index (χ3n) is 3.37. The van der Waals surface area contributed by atoms with Crippen molar-refractivity contribution >= 4 is 21.8 Å². The van der Waals surface area contributed by atoms with E-state index in [1.165, 1.54) is 0 Å². The Balaban J connectivity index is 1.96. The summed E-state index contributed by atoms with van der Waals surface area (Å²) in [4.78, 5) is 9.23. The molecule has 0 aliphatic heterocycles. The Morgan fingerprint density at radius 2 is 1.20 bits per heavy atom. The second-order valence-corrected chi connectivity index (χ2v) is 4.70. The van der Waals surface area contributed by atoms with Gasteiger partial charge in [-0.2, -0.15) is 0 Å². The van der Waals surface area contributed by atoms with E-state index in [9.17, 15) is 0 Å². The summed E-state index contributed by atoms with van der Waals surface area (Å²) in [7, 11) is 0. The lowest BCUT2D eigenvalue weighted by atomic mass is 10.1. The van der Waals surface area contributed by atoms with Gasteiger partial charge in [-0.1, -0.05) is 48.5 Å². The van der Waals surface area contributed by atoms with Crippen LogP contribution in [0.5, 0.6) is 0 Å². The first-order valence-electron chi connectivity index (χ1n) is 7.04. The van der Waals surface area contributed by atoms with Gasteiger partial charge in [0.1, 0.15) is 0 Å². The van der Waals surface area contributed by atoms with E-state index in [-0.39, 0.29) is 0 Å². The van der Waals surface area contributed by atoms with Crippen LogP contribution in [0, 0.1) is 0 Å². The monoisotopic (exact) mass is 257 g/mol. The Labute approximate surface area is 118 Å². The summed E-state index contributed by atoms with van der Waals surface area (Å²) in [5.41, 5.74) is 3.17. The minimum Gasteiger partial charge on any atom is -0.246 e. The number of para-hydroxylation sites is 2. The van der Waals surface area contributed by atoms with Gasteiger partial charge in [0.2, 0.25) is 0 Å². The predicted octanol–water partition coefficient (Wildman–Crippen LogP) is 4.45. The Morgan fingerprint density at radius 1 is 0.600 bits per heavy atom. The number of rotatable bonds is 1. The number of benzene rings is 2. The Bertz CT molecular complexity index is 963. The summed E-state index contributed by atoms with van der Waals surface area (Å²) in [5.74, 6) is 0. The fourth-order valence-corrected chi connectivity index (χ4v) is 2.34. The molecule has 0 bridgehead atoms. The number of nitrogens with zero attached hydrogens (tertiary/aromatic N) is 2. The summed E-state index contributed by atoms with van der Waals surface area (Å²) in [6.45, 7) is 0. The van der Waals surface area contributed by atoms with Crippen LogP contribution in [0.2, 0.25) is 0 Å². The van der Waals surface area contributed by atoms with Crippen molar-refractivity contribution in [3.8, 4) is 11.4 Å². The first-order chi connectivity index (χ1) is 10.3. The molecule has 0 atom stereocenters. The second kappa shape index (κ2) is 4.42. The fraction of sp³-hybridized carbons (Fsp3) is 0. The molecule has 4 rings (SSSR count). The fourth-order valence-electron chi connectivity index (χ4n) is 2.34. The first kappa shape index (κ1) is 10.1. The molecule has 0 radical (unpaired) electrons. The zero-order valence-electron chi connectivity index (χ0n) is 11.7. The van der Waals surface area contributed by atoms with E-state index < -0.39 is 0 Å². The molecule has 20 heavy (non-hydrogen) atoms. The number of hydrogen-bond donors (Lipinski definition) is 0. The van der Waals surface area contributed by atoms with Crippen LogP contribution in [0.25, 0.3) is 33.2 Å². The number of hydrogen-bond acceptors (Lipinski definition) is 2. The third-order valence-corrected chi connectivity index (χ3v) is 3.37. The summed E-state index contributed by atoms with van der Waals surface area (Å²) in [6, 6.07) is 22.0. The largest absolute Gasteiger partial charge is 0.246 e. The zero-order chi connectivity index (χ0) is 14.2. The highest BCUT2D eigenvalue weighted by Gasteiger charge is 2.03. The van der Waals surface area contributed by atoms with Crippen LogP contribution < -0.4 is 0 Å². The summed E-state index contributed by atoms with van der Waals surface area (Å²) >= 11 is 0. The van der Waals surface area contributed by atoms with Crippen molar-refractivity contribution in [3.05, 3.63) is 72.8 Å². The lowest BCUT2D eigenvalue weighted by Gasteiger charge is -2.04. The van der Waals surface area contributed by atoms with Crippen LogP contribution in [0.4, 0.5) is 0 Å². The molecule has 2 aromatic heterocycles. The highest BCUT2D eigenvalue weighted by atomic mass is 14.8. The normalized spacial score (nSPS) is 11.7.